The van der Waals surface area contributed by atoms with Crippen LogP contribution in [-0.2, 0) is 5.54 Å². The van der Waals surface area contributed by atoms with Crippen LogP contribution in [0.4, 0.5) is 0 Å². The standard InChI is InChI=1S/C11H10N2/c1-11(2)10-6-8-4-3-5-12-7-9(8)13(10)11/h4-7H,1-2H3. The van der Waals surface area contributed by atoms with Crippen LogP contribution < -0.4 is 0 Å². The molecule has 0 spiro atoms. The average molecular weight is 170 g/mol. The van der Waals surface area contributed by atoms with Crippen molar-refractivity contribution in [2.45, 2.75) is 19.4 Å². The Kier molecular flexibility index (Phi) is 0.991. The Morgan fingerprint density at radius 2 is 2.31 bits per heavy atom. The monoisotopic (exact) mass is 170 g/mol. The van der Waals surface area contributed by atoms with Crippen LogP contribution in [0, 0.1) is 0 Å². The molecule has 0 fully saturated rings. The SMILES string of the molecule is CC1(C)c2cc3c(n21)C=NC=C=C3. The Hall–Kier alpha value is -1.53. The predicted molar refractivity (Wildman–Crippen MR) is 53.0 cm³/mol. The Labute approximate surface area is 76.9 Å². The van der Waals surface area contributed by atoms with Crippen LogP contribution in [0.15, 0.2) is 23.0 Å². The van der Waals surface area contributed by atoms with Crippen LogP contribution in [0.25, 0.3) is 6.08 Å². The lowest BCUT2D eigenvalue weighted by molar-refractivity contribution is 0.645. The molecule has 0 amide bonds. The molecule has 3 rings (SSSR count). The maximum absolute atomic E-state index is 4.13. The largest absolute Gasteiger partial charge is 0.330 e. The zero-order valence-electron chi connectivity index (χ0n) is 7.70. The van der Waals surface area contributed by atoms with E-state index in [4.69, 9.17) is 0 Å². The summed E-state index contributed by atoms with van der Waals surface area (Å²) in [5.74, 6) is 0. The quantitative estimate of drug-likeness (QED) is 0.531. The van der Waals surface area contributed by atoms with Gasteiger partial charge in [-0.3, -0.25) is 4.99 Å². The molecule has 2 aliphatic heterocycles. The zero-order valence-corrected chi connectivity index (χ0v) is 7.70. The van der Waals surface area contributed by atoms with Gasteiger partial charge in [0.2, 0.25) is 0 Å². The third-order valence-electron chi connectivity index (χ3n) is 2.79. The van der Waals surface area contributed by atoms with Crippen LogP contribution in [0.3, 0.4) is 0 Å². The summed E-state index contributed by atoms with van der Waals surface area (Å²) < 4.78 is 2.31. The molecule has 0 aliphatic carbocycles. The number of fused-ring (bicyclic) bond motifs is 3. The molecule has 13 heavy (non-hydrogen) atoms. The molecule has 0 aromatic carbocycles. The second-order valence-corrected chi connectivity index (χ2v) is 3.98. The van der Waals surface area contributed by atoms with Crippen molar-refractivity contribution < 1.29 is 0 Å². The molecule has 2 heteroatoms. The van der Waals surface area contributed by atoms with Gasteiger partial charge in [0.25, 0.3) is 0 Å². The lowest BCUT2D eigenvalue weighted by atomic mass is 10.1. The van der Waals surface area contributed by atoms with Gasteiger partial charge in [-0.2, -0.15) is 0 Å². The first kappa shape index (κ1) is 6.93. The van der Waals surface area contributed by atoms with E-state index < -0.39 is 0 Å². The minimum Gasteiger partial charge on any atom is -0.330 e. The summed E-state index contributed by atoms with van der Waals surface area (Å²) >= 11 is 0. The van der Waals surface area contributed by atoms with E-state index in [1.165, 1.54) is 17.0 Å². The van der Waals surface area contributed by atoms with E-state index in [1.807, 2.05) is 12.3 Å². The first-order valence-electron chi connectivity index (χ1n) is 4.42. The van der Waals surface area contributed by atoms with Gasteiger partial charge < -0.3 is 4.57 Å². The predicted octanol–water partition coefficient (Wildman–Crippen LogP) is 2.14. The molecule has 0 saturated heterocycles. The molecule has 2 aliphatic rings. The second-order valence-electron chi connectivity index (χ2n) is 3.98. The third kappa shape index (κ3) is 0.712. The van der Waals surface area contributed by atoms with Gasteiger partial charge in [-0.25, -0.2) is 0 Å². The summed E-state index contributed by atoms with van der Waals surface area (Å²) in [6.45, 7) is 4.44. The summed E-state index contributed by atoms with van der Waals surface area (Å²) in [4.78, 5) is 4.13. The van der Waals surface area contributed by atoms with E-state index >= 15 is 0 Å². The highest BCUT2D eigenvalue weighted by atomic mass is 15.2. The lowest BCUT2D eigenvalue weighted by Gasteiger charge is -2.03. The summed E-state index contributed by atoms with van der Waals surface area (Å²) in [6, 6.07) is 2.22. The first-order valence-corrected chi connectivity index (χ1v) is 4.42. The van der Waals surface area contributed by atoms with Crippen LogP contribution in [0.2, 0.25) is 0 Å². The highest BCUT2D eigenvalue weighted by Gasteiger charge is 2.44. The first-order chi connectivity index (χ1) is 6.21. The van der Waals surface area contributed by atoms with E-state index in [-0.39, 0.29) is 5.54 Å². The number of aromatic nitrogens is 1. The van der Waals surface area contributed by atoms with Crippen molar-refractivity contribution >= 4 is 12.3 Å². The molecule has 0 unspecified atom stereocenters. The number of nitrogens with zero attached hydrogens (tertiary/aromatic N) is 2. The second kappa shape index (κ2) is 1.86. The minimum absolute atomic E-state index is 0.225. The molecule has 0 radical (unpaired) electrons. The summed E-state index contributed by atoms with van der Waals surface area (Å²) in [6.07, 6.45) is 5.59. The van der Waals surface area contributed by atoms with Gasteiger partial charge in [-0.05, 0) is 26.0 Å². The van der Waals surface area contributed by atoms with Crippen LogP contribution >= 0.6 is 0 Å². The number of rotatable bonds is 0. The highest BCUT2D eigenvalue weighted by Crippen LogP contribution is 2.45. The van der Waals surface area contributed by atoms with Gasteiger partial charge in [0.1, 0.15) is 0 Å². The maximum atomic E-state index is 4.13. The molecule has 0 atom stereocenters. The van der Waals surface area contributed by atoms with Gasteiger partial charge in [0.15, 0.2) is 0 Å². The normalized spacial score (nSPS) is 19.5. The molecule has 3 heterocycles. The van der Waals surface area contributed by atoms with Gasteiger partial charge >= 0.3 is 0 Å². The summed E-state index contributed by atoms with van der Waals surface area (Å²) in [5, 5.41) is 0. The van der Waals surface area contributed by atoms with Gasteiger partial charge in [0.05, 0.1) is 23.6 Å². The van der Waals surface area contributed by atoms with Crippen molar-refractivity contribution in [3.05, 3.63) is 34.9 Å². The van der Waals surface area contributed by atoms with E-state index in [1.54, 1.807) is 6.20 Å². The Balaban J connectivity index is 2.26. The fourth-order valence-electron chi connectivity index (χ4n) is 1.99. The number of hydrogen-bond donors (Lipinski definition) is 0. The number of hydrogen-bond acceptors (Lipinski definition) is 1. The smallest absolute Gasteiger partial charge is 0.0795 e. The summed E-state index contributed by atoms with van der Waals surface area (Å²) in [5.41, 5.74) is 7.07. The molecule has 1 aromatic heterocycles. The third-order valence-corrected chi connectivity index (χ3v) is 2.79. The molecule has 1 aromatic rings. The zero-order chi connectivity index (χ0) is 9.05. The van der Waals surface area contributed by atoms with Crippen molar-refractivity contribution in [1.29, 1.82) is 0 Å². The van der Waals surface area contributed by atoms with Crippen molar-refractivity contribution in [2.75, 3.05) is 0 Å². The minimum atomic E-state index is 0.225. The van der Waals surface area contributed by atoms with Crippen LogP contribution in [0.5, 0.6) is 0 Å². The molecule has 64 valence electrons. The molecule has 2 nitrogen and oxygen atoms in total. The van der Waals surface area contributed by atoms with Crippen LogP contribution in [0.1, 0.15) is 30.8 Å². The molecular formula is C11H10N2. The fraction of sp³-hybridized carbons (Fsp3) is 0.273. The topological polar surface area (TPSA) is 17.3 Å². The molecule has 0 bridgehead atoms. The van der Waals surface area contributed by atoms with Crippen LogP contribution in [-0.4, -0.2) is 10.8 Å². The van der Waals surface area contributed by atoms with E-state index in [2.05, 4.69) is 35.2 Å². The Bertz CT molecular complexity index is 480. The average Bonchev–Trinajstić information content (AvgIpc) is 2.50. The fourth-order valence-corrected chi connectivity index (χ4v) is 1.99. The van der Waals surface area contributed by atoms with Crippen molar-refractivity contribution in [1.82, 2.24) is 4.57 Å². The van der Waals surface area contributed by atoms with Crippen molar-refractivity contribution in [3.8, 4) is 0 Å². The highest BCUT2D eigenvalue weighted by molar-refractivity contribution is 5.87. The van der Waals surface area contributed by atoms with Gasteiger partial charge in [-0.15, -0.1) is 5.73 Å². The maximum Gasteiger partial charge on any atom is 0.0795 e. The van der Waals surface area contributed by atoms with Gasteiger partial charge in [0, 0.05) is 11.3 Å². The Morgan fingerprint density at radius 3 is 3.15 bits per heavy atom. The van der Waals surface area contributed by atoms with E-state index in [0.29, 0.717) is 0 Å². The molecule has 0 N–H and O–H groups in total. The van der Waals surface area contributed by atoms with Crippen molar-refractivity contribution in [3.63, 3.8) is 0 Å². The van der Waals surface area contributed by atoms with Gasteiger partial charge in [-0.1, -0.05) is 0 Å². The lowest BCUT2D eigenvalue weighted by Crippen LogP contribution is -2.04. The number of aliphatic imine (C=N–C) groups is 1. The van der Waals surface area contributed by atoms with E-state index in [0.717, 1.165) is 0 Å². The molecular weight excluding hydrogens is 160 g/mol. The van der Waals surface area contributed by atoms with Crippen molar-refractivity contribution in [2.24, 2.45) is 4.99 Å². The molecule has 0 saturated carbocycles. The summed E-state index contributed by atoms with van der Waals surface area (Å²) in [7, 11) is 0. The van der Waals surface area contributed by atoms with E-state index in [9.17, 15) is 0 Å². The Morgan fingerprint density at radius 1 is 1.46 bits per heavy atom.